The van der Waals surface area contributed by atoms with Gasteiger partial charge in [0.2, 0.25) is 6.79 Å². The van der Waals surface area contributed by atoms with Gasteiger partial charge in [-0.2, -0.15) is 5.10 Å². The van der Waals surface area contributed by atoms with Crippen LogP contribution >= 0.6 is 0 Å². The molecule has 0 saturated carbocycles. The van der Waals surface area contributed by atoms with Crippen LogP contribution in [0.15, 0.2) is 53.5 Å². The highest BCUT2D eigenvalue weighted by Gasteiger charge is 2.29. The van der Waals surface area contributed by atoms with E-state index in [1.807, 2.05) is 0 Å². The van der Waals surface area contributed by atoms with Gasteiger partial charge in [0.1, 0.15) is 5.75 Å². The molecule has 11 nitrogen and oxygen atoms in total. The van der Waals surface area contributed by atoms with Crippen molar-refractivity contribution in [3.05, 3.63) is 64.6 Å². The predicted molar refractivity (Wildman–Crippen MR) is 137 cm³/mol. The fraction of sp³-hybridized carbons (Fsp3) is 0.333. The third-order valence-electron chi connectivity index (χ3n) is 6.40. The Kier molecular flexibility index (Phi) is 7.16. The van der Waals surface area contributed by atoms with E-state index in [2.05, 4.69) is 10.4 Å². The van der Waals surface area contributed by atoms with Crippen molar-refractivity contribution in [1.82, 2.24) is 14.7 Å². The zero-order chi connectivity index (χ0) is 26.6. The second kappa shape index (κ2) is 10.8. The predicted octanol–water partition coefficient (Wildman–Crippen LogP) is 3.46. The van der Waals surface area contributed by atoms with Crippen molar-refractivity contribution in [2.24, 2.45) is 13.0 Å². The van der Waals surface area contributed by atoms with Crippen molar-refractivity contribution in [2.45, 2.75) is 19.8 Å². The summed E-state index contributed by atoms with van der Waals surface area (Å²) in [5, 5.41) is 7.16. The van der Waals surface area contributed by atoms with Crippen LogP contribution in [0, 0.1) is 5.92 Å². The van der Waals surface area contributed by atoms with Gasteiger partial charge < -0.3 is 29.2 Å². The highest BCUT2D eigenvalue weighted by molar-refractivity contribution is 5.95. The van der Waals surface area contributed by atoms with E-state index >= 15 is 0 Å². The molecule has 1 unspecified atom stereocenters. The molecule has 0 bridgehead atoms. The molecule has 0 aliphatic carbocycles. The molecule has 11 heteroatoms. The van der Waals surface area contributed by atoms with Gasteiger partial charge >= 0.3 is 5.97 Å². The maximum absolute atomic E-state index is 13.1. The van der Waals surface area contributed by atoms with Gasteiger partial charge in [0.05, 0.1) is 18.7 Å². The SMILES string of the molecule is CCOC(=O)C1CCCN(C(=O)c2ccc(Nc3c(Oc4ccc5c(c4)OCO5)cnn(C)c3=O)cc2)C1. The molecule has 2 aliphatic rings. The third kappa shape index (κ3) is 5.26. The molecule has 2 aromatic carbocycles. The second-order valence-electron chi connectivity index (χ2n) is 8.97. The van der Waals surface area contributed by atoms with Crippen LogP contribution in [-0.2, 0) is 16.6 Å². The molecule has 3 heterocycles. The number of rotatable bonds is 7. The molecule has 198 valence electrons. The van der Waals surface area contributed by atoms with Crippen LogP contribution in [0.25, 0.3) is 0 Å². The summed E-state index contributed by atoms with van der Waals surface area (Å²) in [4.78, 5) is 39.8. The summed E-state index contributed by atoms with van der Waals surface area (Å²) in [6, 6.07) is 11.9. The summed E-state index contributed by atoms with van der Waals surface area (Å²) >= 11 is 0. The van der Waals surface area contributed by atoms with E-state index in [0.29, 0.717) is 54.6 Å². The quantitative estimate of drug-likeness (QED) is 0.467. The minimum Gasteiger partial charge on any atom is -0.466 e. The van der Waals surface area contributed by atoms with E-state index < -0.39 is 0 Å². The van der Waals surface area contributed by atoms with Gasteiger partial charge in [0.25, 0.3) is 11.5 Å². The number of esters is 1. The van der Waals surface area contributed by atoms with Gasteiger partial charge in [0.15, 0.2) is 22.9 Å². The maximum atomic E-state index is 13.1. The van der Waals surface area contributed by atoms with Crippen molar-refractivity contribution in [3.63, 3.8) is 0 Å². The summed E-state index contributed by atoms with van der Waals surface area (Å²) in [6.45, 7) is 3.16. The van der Waals surface area contributed by atoms with Crippen molar-refractivity contribution in [2.75, 3.05) is 31.8 Å². The molecule has 1 atom stereocenters. The number of fused-ring (bicyclic) bond motifs is 1. The van der Waals surface area contributed by atoms with E-state index in [1.165, 1.54) is 10.9 Å². The lowest BCUT2D eigenvalue weighted by molar-refractivity contribution is -0.149. The van der Waals surface area contributed by atoms with Gasteiger partial charge in [-0.25, -0.2) is 4.68 Å². The minimum atomic E-state index is -0.387. The Morgan fingerprint density at radius 3 is 2.71 bits per heavy atom. The molecule has 0 radical (unpaired) electrons. The smallest absolute Gasteiger partial charge is 0.310 e. The number of carbonyl (C=O) groups excluding carboxylic acids is 2. The van der Waals surface area contributed by atoms with Crippen molar-refractivity contribution in [3.8, 4) is 23.0 Å². The van der Waals surface area contributed by atoms with E-state index in [-0.39, 0.29) is 41.6 Å². The van der Waals surface area contributed by atoms with E-state index in [1.54, 1.807) is 61.3 Å². The summed E-state index contributed by atoms with van der Waals surface area (Å²) in [7, 11) is 1.54. The monoisotopic (exact) mass is 520 g/mol. The molecule has 5 rings (SSSR count). The molecule has 38 heavy (non-hydrogen) atoms. The van der Waals surface area contributed by atoms with E-state index in [4.69, 9.17) is 18.9 Å². The van der Waals surface area contributed by atoms with Gasteiger partial charge in [-0.15, -0.1) is 0 Å². The van der Waals surface area contributed by atoms with Crippen LogP contribution in [0.2, 0.25) is 0 Å². The lowest BCUT2D eigenvalue weighted by Crippen LogP contribution is -2.42. The van der Waals surface area contributed by atoms with Crippen molar-refractivity contribution >= 4 is 23.3 Å². The first-order chi connectivity index (χ1) is 18.4. The number of hydrogen-bond donors (Lipinski definition) is 1. The van der Waals surface area contributed by atoms with Crippen LogP contribution in [0.3, 0.4) is 0 Å². The highest BCUT2D eigenvalue weighted by atomic mass is 16.7. The molecular formula is C27H28N4O7. The van der Waals surface area contributed by atoms with Gasteiger partial charge in [-0.1, -0.05) is 0 Å². The number of nitrogens with one attached hydrogen (secondary N) is 1. The average molecular weight is 521 g/mol. The molecule has 1 N–H and O–H groups in total. The van der Waals surface area contributed by atoms with Crippen molar-refractivity contribution in [1.29, 1.82) is 0 Å². The average Bonchev–Trinajstić information content (AvgIpc) is 3.41. The number of likely N-dealkylation sites (tertiary alicyclic amines) is 1. The number of ether oxygens (including phenoxy) is 4. The summed E-state index contributed by atoms with van der Waals surface area (Å²) < 4.78 is 23.0. The molecule has 1 fully saturated rings. The molecule has 2 aliphatic heterocycles. The molecule has 1 saturated heterocycles. The Labute approximate surface area is 218 Å². The van der Waals surface area contributed by atoms with Gasteiger partial charge in [0, 0.05) is 37.5 Å². The normalized spacial score (nSPS) is 16.2. The number of nitrogens with zero attached hydrogens (tertiary/aromatic N) is 3. The number of anilines is 2. The topological polar surface area (TPSA) is 121 Å². The molecular weight excluding hydrogens is 492 g/mol. The Morgan fingerprint density at radius 2 is 1.92 bits per heavy atom. The van der Waals surface area contributed by atoms with Crippen molar-refractivity contribution < 1.29 is 28.5 Å². The Morgan fingerprint density at radius 1 is 1.13 bits per heavy atom. The summed E-state index contributed by atoms with van der Waals surface area (Å²) in [6.07, 6.45) is 2.90. The minimum absolute atomic E-state index is 0.140. The first-order valence-corrected chi connectivity index (χ1v) is 12.4. The Hall–Kier alpha value is -4.54. The van der Waals surface area contributed by atoms with E-state index in [9.17, 15) is 14.4 Å². The molecule has 1 aromatic heterocycles. The number of carbonyl (C=O) groups is 2. The largest absolute Gasteiger partial charge is 0.466 e. The van der Waals surface area contributed by atoms with Crippen LogP contribution in [0.4, 0.5) is 11.4 Å². The van der Waals surface area contributed by atoms with Crippen LogP contribution in [-0.4, -0.2) is 53.0 Å². The number of amides is 1. The molecule has 0 spiro atoms. The lowest BCUT2D eigenvalue weighted by atomic mass is 9.97. The molecule has 1 amide bonds. The number of hydrogen-bond acceptors (Lipinski definition) is 9. The first kappa shape index (κ1) is 25.1. The van der Waals surface area contributed by atoms with Crippen LogP contribution < -0.4 is 25.1 Å². The number of benzene rings is 2. The zero-order valence-electron chi connectivity index (χ0n) is 21.1. The second-order valence-corrected chi connectivity index (χ2v) is 8.97. The fourth-order valence-corrected chi connectivity index (χ4v) is 4.42. The van der Waals surface area contributed by atoms with Gasteiger partial charge in [-0.05, 0) is 56.2 Å². The van der Waals surface area contributed by atoms with Crippen LogP contribution in [0.5, 0.6) is 23.0 Å². The lowest BCUT2D eigenvalue weighted by Gasteiger charge is -2.31. The summed E-state index contributed by atoms with van der Waals surface area (Å²) in [5.74, 6) is 1.13. The number of aromatic nitrogens is 2. The standard InChI is InChI=1S/C27H28N4O7/c1-3-35-27(34)18-5-4-12-31(15-18)25(32)17-6-8-19(9-7-17)29-24-23(14-28-30(2)26(24)33)38-20-10-11-21-22(13-20)37-16-36-21/h6-11,13-14,18,29H,3-5,12,15-16H2,1-2H3. The molecule has 3 aromatic rings. The number of aryl methyl sites for hydroxylation is 1. The highest BCUT2D eigenvalue weighted by Crippen LogP contribution is 2.37. The first-order valence-electron chi connectivity index (χ1n) is 12.4. The van der Waals surface area contributed by atoms with E-state index in [0.717, 1.165) is 6.42 Å². The third-order valence-corrected chi connectivity index (χ3v) is 6.40. The summed E-state index contributed by atoms with van der Waals surface area (Å²) in [5.41, 5.74) is 0.872. The Bertz CT molecular complexity index is 1400. The maximum Gasteiger partial charge on any atom is 0.310 e. The fourth-order valence-electron chi connectivity index (χ4n) is 4.42. The van der Waals surface area contributed by atoms with Crippen LogP contribution in [0.1, 0.15) is 30.1 Å². The van der Waals surface area contributed by atoms with Gasteiger partial charge in [-0.3, -0.25) is 14.4 Å². The zero-order valence-corrected chi connectivity index (χ0v) is 21.1. The number of piperidine rings is 1. The Balaban J connectivity index is 1.31.